The highest BCUT2D eigenvalue weighted by Crippen LogP contribution is 2.22. The van der Waals surface area contributed by atoms with Gasteiger partial charge in [0.2, 0.25) is 5.91 Å². The molecule has 5 heteroatoms. The van der Waals surface area contributed by atoms with Crippen LogP contribution < -0.4 is 10.1 Å². The summed E-state index contributed by atoms with van der Waals surface area (Å²) in [6, 6.07) is 24.3. The Bertz CT molecular complexity index is 1180. The molecule has 3 aromatic carbocycles. The van der Waals surface area contributed by atoms with Crippen LogP contribution in [0.4, 0.5) is 0 Å². The second-order valence-electron chi connectivity index (χ2n) is 7.60. The van der Waals surface area contributed by atoms with E-state index in [2.05, 4.69) is 41.1 Å². The molecule has 158 valence electrons. The fourth-order valence-corrected chi connectivity index (χ4v) is 3.86. The minimum Gasteiger partial charge on any atom is -0.496 e. The van der Waals surface area contributed by atoms with Crippen molar-refractivity contribution in [1.29, 1.82) is 0 Å². The minimum absolute atomic E-state index is 0.0262. The van der Waals surface area contributed by atoms with Gasteiger partial charge in [0.25, 0.3) is 0 Å². The molecule has 4 aromatic rings. The van der Waals surface area contributed by atoms with E-state index in [-0.39, 0.29) is 5.91 Å². The smallest absolute Gasteiger partial charge is 0.220 e. The van der Waals surface area contributed by atoms with Crippen molar-refractivity contribution in [1.82, 2.24) is 14.9 Å². The van der Waals surface area contributed by atoms with Crippen molar-refractivity contribution in [3.63, 3.8) is 0 Å². The molecule has 0 unspecified atom stereocenters. The number of imidazole rings is 1. The molecule has 0 aliphatic rings. The quantitative estimate of drug-likeness (QED) is 0.458. The first kappa shape index (κ1) is 20.7. The lowest BCUT2D eigenvalue weighted by atomic mass is 10.1. The summed E-state index contributed by atoms with van der Waals surface area (Å²) < 4.78 is 7.56. The number of aryl methyl sites for hydroxylation is 2. The number of ether oxygens (including phenoxy) is 1. The van der Waals surface area contributed by atoms with Gasteiger partial charge in [-0.05, 0) is 49.2 Å². The summed E-state index contributed by atoms with van der Waals surface area (Å²) in [5.41, 5.74) is 5.33. The number of para-hydroxylation sites is 3. The first-order valence-corrected chi connectivity index (χ1v) is 10.6. The summed E-state index contributed by atoms with van der Waals surface area (Å²) in [4.78, 5) is 17.3. The highest BCUT2D eigenvalue weighted by atomic mass is 16.5. The van der Waals surface area contributed by atoms with Crippen LogP contribution in [0.2, 0.25) is 0 Å². The number of fused-ring (bicyclic) bond motifs is 1. The number of methoxy groups -OCH3 is 1. The van der Waals surface area contributed by atoms with Crippen molar-refractivity contribution < 1.29 is 9.53 Å². The van der Waals surface area contributed by atoms with Gasteiger partial charge in [0, 0.05) is 25.1 Å². The predicted octanol–water partition coefficient (Wildman–Crippen LogP) is 4.63. The van der Waals surface area contributed by atoms with E-state index in [4.69, 9.17) is 9.72 Å². The molecule has 0 aliphatic heterocycles. The van der Waals surface area contributed by atoms with Gasteiger partial charge in [-0.1, -0.05) is 48.0 Å². The van der Waals surface area contributed by atoms with E-state index < -0.39 is 0 Å². The zero-order chi connectivity index (χ0) is 21.6. The molecule has 0 radical (unpaired) electrons. The van der Waals surface area contributed by atoms with E-state index in [1.807, 2.05) is 48.5 Å². The Kier molecular flexibility index (Phi) is 6.32. The molecule has 0 spiro atoms. The van der Waals surface area contributed by atoms with Crippen LogP contribution in [0.3, 0.4) is 0 Å². The normalized spacial score (nSPS) is 10.9. The number of carbonyl (C=O) groups is 1. The standard InChI is InChI=1S/C26H27N3O2/c1-19-12-13-24(31-2)20(18-19)16-17-27-26(30)15-14-25-28-22-10-6-7-11-23(22)29(25)21-8-4-3-5-9-21/h3-13,18H,14-17H2,1-2H3,(H,27,30). The Balaban J connectivity index is 1.42. The van der Waals surface area contributed by atoms with E-state index in [1.54, 1.807) is 7.11 Å². The number of nitrogens with one attached hydrogen (secondary N) is 1. The fourth-order valence-electron chi connectivity index (χ4n) is 3.86. The van der Waals surface area contributed by atoms with Gasteiger partial charge in [-0.2, -0.15) is 0 Å². The number of hydrogen-bond acceptors (Lipinski definition) is 3. The lowest BCUT2D eigenvalue weighted by molar-refractivity contribution is -0.121. The van der Waals surface area contributed by atoms with Gasteiger partial charge in [-0.25, -0.2) is 4.98 Å². The Hall–Kier alpha value is -3.60. The highest BCUT2D eigenvalue weighted by Gasteiger charge is 2.13. The van der Waals surface area contributed by atoms with Gasteiger partial charge in [0.05, 0.1) is 18.1 Å². The summed E-state index contributed by atoms with van der Waals surface area (Å²) in [6.07, 6.45) is 1.70. The van der Waals surface area contributed by atoms with Gasteiger partial charge in [-0.3, -0.25) is 9.36 Å². The molecule has 0 aliphatic carbocycles. The number of carbonyl (C=O) groups excluding carboxylic acids is 1. The van der Waals surface area contributed by atoms with E-state index >= 15 is 0 Å². The summed E-state index contributed by atoms with van der Waals surface area (Å²) in [5.74, 6) is 1.78. The Morgan fingerprint density at radius 1 is 1.00 bits per heavy atom. The maximum Gasteiger partial charge on any atom is 0.220 e. The van der Waals surface area contributed by atoms with Crippen LogP contribution in [-0.2, 0) is 17.6 Å². The van der Waals surface area contributed by atoms with Crippen molar-refractivity contribution in [2.45, 2.75) is 26.2 Å². The predicted molar refractivity (Wildman–Crippen MR) is 124 cm³/mol. The van der Waals surface area contributed by atoms with Gasteiger partial charge < -0.3 is 10.1 Å². The zero-order valence-electron chi connectivity index (χ0n) is 18.0. The van der Waals surface area contributed by atoms with E-state index in [1.165, 1.54) is 5.56 Å². The van der Waals surface area contributed by atoms with Gasteiger partial charge in [0.15, 0.2) is 0 Å². The molecule has 31 heavy (non-hydrogen) atoms. The summed E-state index contributed by atoms with van der Waals surface area (Å²) in [6.45, 7) is 2.63. The molecule has 0 bridgehead atoms. The van der Waals surface area contributed by atoms with E-state index in [0.717, 1.165) is 40.3 Å². The molecule has 0 atom stereocenters. The Labute approximate surface area is 182 Å². The molecule has 0 fully saturated rings. The molecule has 1 amide bonds. The van der Waals surface area contributed by atoms with Crippen LogP contribution in [0.5, 0.6) is 5.75 Å². The lowest BCUT2D eigenvalue weighted by Gasteiger charge is -2.11. The second kappa shape index (κ2) is 9.47. The number of benzene rings is 3. The van der Waals surface area contributed by atoms with Crippen LogP contribution >= 0.6 is 0 Å². The van der Waals surface area contributed by atoms with Crippen molar-refractivity contribution >= 4 is 16.9 Å². The van der Waals surface area contributed by atoms with Crippen molar-refractivity contribution in [2.75, 3.05) is 13.7 Å². The molecular formula is C26H27N3O2. The highest BCUT2D eigenvalue weighted by molar-refractivity contribution is 5.79. The van der Waals surface area contributed by atoms with Crippen molar-refractivity contribution in [2.24, 2.45) is 0 Å². The molecule has 0 saturated carbocycles. The maximum atomic E-state index is 12.5. The van der Waals surface area contributed by atoms with Crippen molar-refractivity contribution in [3.8, 4) is 11.4 Å². The SMILES string of the molecule is COc1ccc(C)cc1CCNC(=O)CCc1nc2ccccc2n1-c1ccccc1. The number of amides is 1. The van der Waals surface area contributed by atoms with Crippen LogP contribution in [0.25, 0.3) is 16.7 Å². The average molecular weight is 414 g/mol. The Morgan fingerprint density at radius 2 is 1.77 bits per heavy atom. The van der Waals surface area contributed by atoms with E-state index in [0.29, 0.717) is 19.4 Å². The maximum absolute atomic E-state index is 12.5. The third-order valence-corrected chi connectivity index (χ3v) is 5.37. The third-order valence-electron chi connectivity index (χ3n) is 5.37. The monoisotopic (exact) mass is 413 g/mol. The summed E-state index contributed by atoms with van der Waals surface area (Å²) in [5, 5.41) is 3.03. The first-order chi connectivity index (χ1) is 15.2. The first-order valence-electron chi connectivity index (χ1n) is 10.6. The molecule has 1 N–H and O–H groups in total. The number of aromatic nitrogens is 2. The molecule has 1 aromatic heterocycles. The fraction of sp³-hybridized carbons (Fsp3) is 0.231. The average Bonchev–Trinajstić information content (AvgIpc) is 3.17. The second-order valence-corrected chi connectivity index (χ2v) is 7.60. The third kappa shape index (κ3) is 4.77. The van der Waals surface area contributed by atoms with Gasteiger partial charge in [0.1, 0.15) is 11.6 Å². The van der Waals surface area contributed by atoms with Crippen LogP contribution in [0, 0.1) is 6.92 Å². The minimum atomic E-state index is 0.0262. The zero-order valence-corrected chi connectivity index (χ0v) is 18.0. The van der Waals surface area contributed by atoms with Crippen LogP contribution in [0.1, 0.15) is 23.4 Å². The lowest BCUT2D eigenvalue weighted by Crippen LogP contribution is -2.26. The molecule has 0 saturated heterocycles. The molecule has 4 rings (SSSR count). The summed E-state index contributed by atoms with van der Waals surface area (Å²) in [7, 11) is 1.67. The molecular weight excluding hydrogens is 386 g/mol. The largest absolute Gasteiger partial charge is 0.496 e. The van der Waals surface area contributed by atoms with E-state index in [9.17, 15) is 4.79 Å². The number of hydrogen-bond donors (Lipinski definition) is 1. The van der Waals surface area contributed by atoms with Crippen LogP contribution in [-0.4, -0.2) is 29.1 Å². The Morgan fingerprint density at radius 3 is 2.58 bits per heavy atom. The van der Waals surface area contributed by atoms with Crippen LogP contribution in [0.15, 0.2) is 72.8 Å². The molecule has 5 nitrogen and oxygen atoms in total. The summed E-state index contributed by atoms with van der Waals surface area (Å²) >= 11 is 0. The van der Waals surface area contributed by atoms with Gasteiger partial charge in [-0.15, -0.1) is 0 Å². The van der Waals surface area contributed by atoms with Crippen molar-refractivity contribution in [3.05, 3.63) is 89.7 Å². The van der Waals surface area contributed by atoms with Gasteiger partial charge >= 0.3 is 0 Å². The molecule has 1 heterocycles. The number of rotatable bonds is 8. The topological polar surface area (TPSA) is 56.1 Å². The number of nitrogens with zero attached hydrogens (tertiary/aromatic N) is 2.